The molecule has 1 amide bonds. The number of amides is 1. The van der Waals surface area contributed by atoms with Crippen LogP contribution >= 0.6 is 11.8 Å². The maximum Gasteiger partial charge on any atom is 0.256 e. The molecule has 0 bridgehead atoms. The van der Waals surface area contributed by atoms with E-state index in [1.54, 1.807) is 53.9 Å². The van der Waals surface area contributed by atoms with Gasteiger partial charge in [0.05, 0.1) is 25.6 Å². The van der Waals surface area contributed by atoms with Crippen molar-refractivity contribution in [3.05, 3.63) is 65.1 Å². The van der Waals surface area contributed by atoms with Gasteiger partial charge in [0, 0.05) is 22.6 Å². The molecule has 4 rings (SSSR count). The summed E-state index contributed by atoms with van der Waals surface area (Å²) in [5.74, 6) is 2.56. The summed E-state index contributed by atoms with van der Waals surface area (Å²) in [6, 6.07) is 11.0. The van der Waals surface area contributed by atoms with E-state index in [1.165, 1.54) is 19.2 Å². The van der Waals surface area contributed by atoms with Crippen LogP contribution in [0.2, 0.25) is 0 Å². The van der Waals surface area contributed by atoms with Crippen molar-refractivity contribution in [1.29, 1.82) is 0 Å². The number of halogens is 1. The average Bonchev–Trinajstić information content (AvgIpc) is 3.30. The highest BCUT2D eigenvalue weighted by atomic mass is 32.2. The fraction of sp³-hybridized carbons (Fsp3) is 0.200. The first-order valence-electron chi connectivity index (χ1n) is 8.58. The van der Waals surface area contributed by atoms with Crippen LogP contribution in [0.3, 0.4) is 0 Å². The monoisotopic (exact) mass is 399 g/mol. The minimum Gasteiger partial charge on any atom is -0.493 e. The molecule has 3 aromatic rings. The SMILES string of the molecule is COc1ccc(C(=O)Nc2c3c(nn2-c2ccc(F)cc2)CSC3)cc1OC. The number of carbonyl (C=O) groups excluding carboxylic acids is 1. The lowest BCUT2D eigenvalue weighted by Gasteiger charge is -2.12. The zero-order chi connectivity index (χ0) is 19.7. The van der Waals surface area contributed by atoms with Crippen LogP contribution < -0.4 is 14.8 Å². The molecule has 2 heterocycles. The largest absolute Gasteiger partial charge is 0.493 e. The van der Waals surface area contributed by atoms with Crippen LogP contribution in [0.5, 0.6) is 11.5 Å². The summed E-state index contributed by atoms with van der Waals surface area (Å²) in [6.07, 6.45) is 0. The number of aromatic nitrogens is 2. The van der Waals surface area contributed by atoms with E-state index in [4.69, 9.17) is 9.47 Å². The third-order valence-electron chi connectivity index (χ3n) is 4.50. The number of nitrogens with one attached hydrogen (secondary N) is 1. The Morgan fingerprint density at radius 3 is 2.57 bits per heavy atom. The van der Waals surface area contributed by atoms with E-state index in [2.05, 4.69) is 10.4 Å². The number of ether oxygens (including phenoxy) is 2. The van der Waals surface area contributed by atoms with Crippen molar-refractivity contribution in [3.8, 4) is 17.2 Å². The first-order chi connectivity index (χ1) is 13.6. The van der Waals surface area contributed by atoms with Crippen molar-refractivity contribution in [2.24, 2.45) is 0 Å². The van der Waals surface area contributed by atoms with Gasteiger partial charge in [0.2, 0.25) is 0 Å². The van der Waals surface area contributed by atoms with Crippen LogP contribution in [0, 0.1) is 5.82 Å². The summed E-state index contributed by atoms with van der Waals surface area (Å²) < 4.78 is 25.5. The van der Waals surface area contributed by atoms with Crippen LogP contribution in [0.1, 0.15) is 21.6 Å². The molecule has 0 radical (unpaired) electrons. The second kappa shape index (κ2) is 7.55. The van der Waals surface area contributed by atoms with Gasteiger partial charge < -0.3 is 14.8 Å². The Bertz CT molecular complexity index is 1030. The Balaban J connectivity index is 1.70. The third kappa shape index (κ3) is 3.31. The van der Waals surface area contributed by atoms with Crippen LogP contribution in [-0.4, -0.2) is 29.9 Å². The molecule has 28 heavy (non-hydrogen) atoms. The highest BCUT2D eigenvalue weighted by Gasteiger charge is 2.25. The van der Waals surface area contributed by atoms with Gasteiger partial charge in [-0.1, -0.05) is 0 Å². The predicted molar refractivity (Wildman–Crippen MR) is 106 cm³/mol. The third-order valence-corrected chi connectivity index (χ3v) is 5.47. The van der Waals surface area contributed by atoms with Gasteiger partial charge >= 0.3 is 0 Å². The molecule has 2 aromatic carbocycles. The quantitative estimate of drug-likeness (QED) is 0.702. The molecule has 0 saturated carbocycles. The number of thioether (sulfide) groups is 1. The molecule has 0 spiro atoms. The molecule has 1 aliphatic heterocycles. The Morgan fingerprint density at radius 1 is 1.11 bits per heavy atom. The van der Waals surface area contributed by atoms with Crippen LogP contribution in [-0.2, 0) is 11.5 Å². The van der Waals surface area contributed by atoms with Crippen LogP contribution in [0.25, 0.3) is 5.69 Å². The van der Waals surface area contributed by atoms with E-state index in [0.717, 1.165) is 22.8 Å². The van der Waals surface area contributed by atoms with Crippen LogP contribution in [0.15, 0.2) is 42.5 Å². The van der Waals surface area contributed by atoms with E-state index in [-0.39, 0.29) is 11.7 Å². The van der Waals surface area contributed by atoms with E-state index in [0.29, 0.717) is 28.6 Å². The molecular formula is C20H18FN3O3S. The lowest BCUT2D eigenvalue weighted by Crippen LogP contribution is -2.16. The Hall–Kier alpha value is -3.00. The Morgan fingerprint density at radius 2 is 1.86 bits per heavy atom. The van der Waals surface area contributed by atoms with Crippen molar-refractivity contribution in [2.45, 2.75) is 11.5 Å². The molecule has 0 fully saturated rings. The molecule has 0 atom stereocenters. The van der Waals surface area contributed by atoms with Crippen molar-refractivity contribution in [2.75, 3.05) is 19.5 Å². The van der Waals surface area contributed by atoms with Gasteiger partial charge in [-0.2, -0.15) is 16.9 Å². The van der Waals surface area contributed by atoms with Crippen molar-refractivity contribution in [3.63, 3.8) is 0 Å². The first-order valence-corrected chi connectivity index (χ1v) is 9.74. The number of fused-ring (bicyclic) bond motifs is 1. The number of rotatable bonds is 5. The number of hydrogen-bond donors (Lipinski definition) is 1. The first kappa shape index (κ1) is 18.4. The summed E-state index contributed by atoms with van der Waals surface area (Å²) in [4.78, 5) is 12.9. The second-order valence-corrected chi connectivity index (χ2v) is 7.16. The fourth-order valence-corrected chi connectivity index (χ4v) is 4.10. The molecule has 144 valence electrons. The lowest BCUT2D eigenvalue weighted by molar-refractivity contribution is 0.102. The van der Waals surface area contributed by atoms with Gasteiger partial charge in [-0.05, 0) is 42.5 Å². The predicted octanol–water partition coefficient (Wildman–Crippen LogP) is 4.03. The average molecular weight is 399 g/mol. The Kier molecular flexibility index (Phi) is 4.95. The minimum absolute atomic E-state index is 0.288. The molecular weight excluding hydrogens is 381 g/mol. The number of benzene rings is 2. The highest BCUT2D eigenvalue weighted by Crippen LogP contribution is 2.36. The molecule has 8 heteroatoms. The van der Waals surface area contributed by atoms with Gasteiger partial charge in [-0.3, -0.25) is 4.79 Å². The van der Waals surface area contributed by atoms with Crippen molar-refractivity contribution in [1.82, 2.24) is 9.78 Å². The summed E-state index contributed by atoms with van der Waals surface area (Å²) in [5.41, 5.74) is 3.03. The number of nitrogens with zero attached hydrogens (tertiary/aromatic N) is 2. The maximum atomic E-state index is 13.3. The minimum atomic E-state index is -0.324. The number of anilines is 1. The van der Waals surface area contributed by atoms with Crippen molar-refractivity contribution < 1.29 is 18.7 Å². The van der Waals surface area contributed by atoms with Crippen LogP contribution in [0.4, 0.5) is 10.2 Å². The second-order valence-electron chi connectivity index (χ2n) is 6.18. The lowest BCUT2D eigenvalue weighted by atomic mass is 10.2. The number of carbonyl (C=O) groups is 1. The summed E-state index contributed by atoms with van der Waals surface area (Å²) in [5, 5.41) is 7.58. The van der Waals surface area contributed by atoms with Gasteiger partial charge in [-0.25, -0.2) is 9.07 Å². The molecule has 0 saturated heterocycles. The van der Waals surface area contributed by atoms with Gasteiger partial charge in [0.15, 0.2) is 11.5 Å². The van der Waals surface area contributed by atoms with Crippen molar-refractivity contribution >= 4 is 23.5 Å². The number of methoxy groups -OCH3 is 2. The smallest absolute Gasteiger partial charge is 0.256 e. The summed E-state index contributed by atoms with van der Waals surface area (Å²) in [7, 11) is 3.06. The standard InChI is InChI=1S/C20H18FN3O3S/c1-26-17-8-3-12(9-18(17)27-2)20(25)22-19-15-10-28-11-16(15)23-24(19)14-6-4-13(21)5-7-14/h3-9H,10-11H2,1-2H3,(H,22,25). The van der Waals surface area contributed by atoms with Gasteiger partial charge in [0.25, 0.3) is 5.91 Å². The maximum absolute atomic E-state index is 13.3. The zero-order valence-electron chi connectivity index (χ0n) is 15.4. The zero-order valence-corrected chi connectivity index (χ0v) is 16.2. The van der Waals surface area contributed by atoms with E-state index in [1.807, 2.05) is 0 Å². The molecule has 1 aliphatic rings. The molecule has 6 nitrogen and oxygen atoms in total. The number of hydrogen-bond acceptors (Lipinski definition) is 5. The van der Waals surface area contributed by atoms with E-state index >= 15 is 0 Å². The van der Waals surface area contributed by atoms with Gasteiger partial charge in [0.1, 0.15) is 11.6 Å². The molecule has 0 aliphatic carbocycles. The fourth-order valence-electron chi connectivity index (χ4n) is 3.07. The van der Waals surface area contributed by atoms with E-state index in [9.17, 15) is 9.18 Å². The Labute approximate surface area is 165 Å². The normalized spacial score (nSPS) is 12.5. The molecule has 0 unspecified atom stereocenters. The topological polar surface area (TPSA) is 65.4 Å². The molecule has 1 aromatic heterocycles. The van der Waals surface area contributed by atoms with Gasteiger partial charge in [-0.15, -0.1) is 0 Å². The molecule has 1 N–H and O–H groups in total. The highest BCUT2D eigenvalue weighted by molar-refractivity contribution is 7.98. The summed E-state index contributed by atoms with van der Waals surface area (Å²) in [6.45, 7) is 0. The summed E-state index contributed by atoms with van der Waals surface area (Å²) >= 11 is 1.74. The van der Waals surface area contributed by atoms with E-state index < -0.39 is 0 Å².